The first-order valence-corrected chi connectivity index (χ1v) is 7.56. The van der Waals surface area contributed by atoms with Crippen molar-refractivity contribution in [2.45, 2.75) is 32.2 Å². The fraction of sp³-hybridized carbons (Fsp3) is 0.667. The molecule has 0 aliphatic heterocycles. The van der Waals surface area contributed by atoms with Crippen LogP contribution in [-0.4, -0.2) is 21.0 Å². The van der Waals surface area contributed by atoms with Crippen LogP contribution in [0.15, 0.2) is 12.3 Å². The van der Waals surface area contributed by atoms with Crippen molar-refractivity contribution in [1.29, 1.82) is 5.26 Å². The minimum Gasteiger partial charge on any atom is -0.505 e. The molecule has 0 fully saturated rings. The Morgan fingerprint density at radius 3 is 2.23 bits per heavy atom. The molecule has 0 heterocycles. The lowest BCUT2D eigenvalue weighted by atomic mass is 10.1. The third kappa shape index (κ3) is 5.45. The van der Waals surface area contributed by atoms with Crippen molar-refractivity contribution < 1.29 is 9.16 Å². The summed E-state index contributed by atoms with van der Waals surface area (Å²) in [6, 6.07) is 2.12. The van der Waals surface area contributed by atoms with Gasteiger partial charge in [0.05, 0.1) is 13.4 Å². The van der Waals surface area contributed by atoms with E-state index in [4.69, 9.17) is 14.4 Å². The SMILES string of the molecule is CO/C=C/C(C)(C#N)O[Si](C)(C)C. The molecule has 0 aromatic rings. The zero-order valence-corrected chi connectivity index (χ0v) is 9.92. The van der Waals surface area contributed by atoms with E-state index in [0.29, 0.717) is 0 Å². The minimum atomic E-state index is -1.69. The Balaban J connectivity index is 4.49. The number of nitrogens with zero attached hydrogens (tertiary/aromatic N) is 1. The summed E-state index contributed by atoms with van der Waals surface area (Å²) in [4.78, 5) is 0. The minimum absolute atomic E-state index is 0.861. The van der Waals surface area contributed by atoms with Gasteiger partial charge in [-0.15, -0.1) is 0 Å². The van der Waals surface area contributed by atoms with Gasteiger partial charge < -0.3 is 9.16 Å². The second-order valence-electron chi connectivity index (χ2n) is 3.97. The Morgan fingerprint density at radius 2 is 1.92 bits per heavy atom. The van der Waals surface area contributed by atoms with Crippen LogP contribution >= 0.6 is 0 Å². The maximum Gasteiger partial charge on any atom is 0.186 e. The Bertz CT molecular complexity index is 227. The standard InChI is InChI=1S/C9H17NO2Si/c1-9(8-10,6-7-11-2)12-13(3,4)5/h6-7H,1-5H3/b7-6+. The average molecular weight is 199 g/mol. The number of methoxy groups -OCH3 is 1. The first-order valence-electron chi connectivity index (χ1n) is 4.15. The van der Waals surface area contributed by atoms with Crippen LogP contribution in [0.2, 0.25) is 19.6 Å². The van der Waals surface area contributed by atoms with Crippen molar-refractivity contribution in [3.05, 3.63) is 12.3 Å². The molecule has 0 radical (unpaired) electrons. The highest BCUT2D eigenvalue weighted by Crippen LogP contribution is 2.18. The van der Waals surface area contributed by atoms with Gasteiger partial charge >= 0.3 is 0 Å². The van der Waals surface area contributed by atoms with Gasteiger partial charge in [-0.3, -0.25) is 0 Å². The summed E-state index contributed by atoms with van der Waals surface area (Å²) in [5, 5.41) is 8.92. The molecular formula is C9H17NO2Si. The van der Waals surface area contributed by atoms with Crippen molar-refractivity contribution in [2.24, 2.45) is 0 Å². The van der Waals surface area contributed by atoms with E-state index in [2.05, 4.69) is 6.07 Å². The zero-order valence-electron chi connectivity index (χ0n) is 8.92. The van der Waals surface area contributed by atoms with Crippen molar-refractivity contribution in [3.8, 4) is 6.07 Å². The van der Waals surface area contributed by atoms with Gasteiger partial charge in [0.1, 0.15) is 6.07 Å². The summed E-state index contributed by atoms with van der Waals surface area (Å²) < 4.78 is 10.4. The Morgan fingerprint density at radius 1 is 1.38 bits per heavy atom. The van der Waals surface area contributed by atoms with E-state index in [1.165, 1.54) is 6.26 Å². The number of hydrogen-bond donors (Lipinski definition) is 0. The van der Waals surface area contributed by atoms with Gasteiger partial charge in [-0.1, -0.05) is 0 Å². The lowest BCUT2D eigenvalue weighted by Gasteiger charge is -2.27. The lowest BCUT2D eigenvalue weighted by Crippen LogP contribution is -2.38. The zero-order chi connectivity index (χ0) is 10.5. The van der Waals surface area contributed by atoms with Crippen LogP contribution in [0.1, 0.15) is 6.92 Å². The van der Waals surface area contributed by atoms with Crippen LogP contribution in [0.25, 0.3) is 0 Å². The van der Waals surface area contributed by atoms with Gasteiger partial charge in [0.15, 0.2) is 13.9 Å². The van der Waals surface area contributed by atoms with E-state index in [9.17, 15) is 0 Å². The molecular weight excluding hydrogens is 182 g/mol. The molecule has 1 atom stereocenters. The molecule has 0 saturated heterocycles. The van der Waals surface area contributed by atoms with E-state index in [-0.39, 0.29) is 0 Å². The summed E-state index contributed by atoms with van der Waals surface area (Å²) in [5.74, 6) is 0. The van der Waals surface area contributed by atoms with E-state index in [0.717, 1.165) is 0 Å². The number of hydrogen-bond acceptors (Lipinski definition) is 3. The normalized spacial score (nSPS) is 16.6. The molecule has 0 rings (SSSR count). The van der Waals surface area contributed by atoms with Crippen molar-refractivity contribution in [1.82, 2.24) is 0 Å². The first kappa shape index (κ1) is 12.2. The third-order valence-electron chi connectivity index (χ3n) is 1.26. The molecule has 0 aromatic carbocycles. The molecule has 0 N–H and O–H groups in total. The molecule has 13 heavy (non-hydrogen) atoms. The molecule has 1 unspecified atom stereocenters. The Labute approximate surface area is 81.1 Å². The molecule has 0 saturated carbocycles. The van der Waals surface area contributed by atoms with Crippen LogP contribution in [0.3, 0.4) is 0 Å². The second-order valence-corrected chi connectivity index (χ2v) is 8.40. The molecule has 0 bridgehead atoms. The van der Waals surface area contributed by atoms with E-state index in [1.54, 1.807) is 20.1 Å². The lowest BCUT2D eigenvalue weighted by molar-refractivity contribution is 0.186. The van der Waals surface area contributed by atoms with Crippen molar-refractivity contribution in [3.63, 3.8) is 0 Å². The monoisotopic (exact) mass is 199 g/mol. The predicted molar refractivity (Wildman–Crippen MR) is 54.6 cm³/mol. The van der Waals surface area contributed by atoms with Gasteiger partial charge in [-0.2, -0.15) is 5.26 Å². The molecule has 0 spiro atoms. The number of ether oxygens (including phenoxy) is 1. The maximum absolute atomic E-state index is 8.92. The Kier molecular flexibility index (Phi) is 4.17. The van der Waals surface area contributed by atoms with Gasteiger partial charge in [0.2, 0.25) is 0 Å². The van der Waals surface area contributed by atoms with Crippen LogP contribution < -0.4 is 0 Å². The van der Waals surface area contributed by atoms with E-state index < -0.39 is 13.9 Å². The van der Waals surface area contributed by atoms with E-state index in [1.807, 2.05) is 19.6 Å². The third-order valence-corrected chi connectivity index (χ3v) is 2.30. The smallest absolute Gasteiger partial charge is 0.186 e. The van der Waals surface area contributed by atoms with Crippen LogP contribution in [-0.2, 0) is 9.16 Å². The van der Waals surface area contributed by atoms with Crippen LogP contribution in [0, 0.1) is 11.3 Å². The number of nitriles is 1. The summed E-state index contributed by atoms with van der Waals surface area (Å²) >= 11 is 0. The van der Waals surface area contributed by atoms with Crippen molar-refractivity contribution >= 4 is 8.32 Å². The van der Waals surface area contributed by atoms with E-state index >= 15 is 0 Å². The average Bonchev–Trinajstić information content (AvgIpc) is 1.98. The van der Waals surface area contributed by atoms with Gasteiger partial charge in [-0.25, -0.2) is 0 Å². The first-order chi connectivity index (χ1) is 5.83. The maximum atomic E-state index is 8.92. The Hall–Kier alpha value is -0.793. The molecule has 4 heteroatoms. The summed E-state index contributed by atoms with van der Waals surface area (Å²) in [5.41, 5.74) is -0.861. The quantitative estimate of drug-likeness (QED) is 0.515. The van der Waals surface area contributed by atoms with Crippen molar-refractivity contribution in [2.75, 3.05) is 7.11 Å². The largest absolute Gasteiger partial charge is 0.505 e. The highest BCUT2D eigenvalue weighted by atomic mass is 28.4. The van der Waals surface area contributed by atoms with Crippen LogP contribution in [0.4, 0.5) is 0 Å². The van der Waals surface area contributed by atoms with Crippen LogP contribution in [0.5, 0.6) is 0 Å². The molecule has 0 aliphatic rings. The van der Waals surface area contributed by atoms with Gasteiger partial charge in [0, 0.05) is 0 Å². The predicted octanol–water partition coefficient (Wildman–Crippen LogP) is 2.28. The summed E-state index contributed by atoms with van der Waals surface area (Å²) in [6.07, 6.45) is 3.11. The molecule has 74 valence electrons. The highest BCUT2D eigenvalue weighted by Gasteiger charge is 2.29. The molecule has 0 amide bonds. The summed E-state index contributed by atoms with van der Waals surface area (Å²) in [7, 11) is -0.148. The second kappa shape index (κ2) is 4.45. The topological polar surface area (TPSA) is 42.2 Å². The van der Waals surface area contributed by atoms with Gasteiger partial charge in [-0.05, 0) is 32.6 Å². The van der Waals surface area contributed by atoms with Gasteiger partial charge in [0.25, 0.3) is 0 Å². The summed E-state index contributed by atoms with van der Waals surface area (Å²) in [6.45, 7) is 7.87. The number of rotatable bonds is 4. The molecule has 0 aliphatic carbocycles. The molecule has 3 nitrogen and oxygen atoms in total. The highest BCUT2D eigenvalue weighted by molar-refractivity contribution is 6.69. The molecule has 0 aromatic heterocycles. The fourth-order valence-electron chi connectivity index (χ4n) is 0.928. The fourth-order valence-corrected chi connectivity index (χ4v) is 2.31.